The first kappa shape index (κ1) is 16.8. The Kier molecular flexibility index (Phi) is 5.31. The molecule has 21 heavy (non-hydrogen) atoms. The van der Waals surface area contributed by atoms with E-state index in [1.54, 1.807) is 12.1 Å². The molecule has 2 unspecified atom stereocenters. The van der Waals surface area contributed by atoms with Gasteiger partial charge in [0.2, 0.25) is 0 Å². The largest absolute Gasteiger partial charge is 0.324 e. The van der Waals surface area contributed by atoms with Crippen LogP contribution in [0.5, 0.6) is 0 Å². The molecule has 2 atom stereocenters. The van der Waals surface area contributed by atoms with Crippen LogP contribution in [0.1, 0.15) is 57.8 Å². The zero-order valence-electron chi connectivity index (χ0n) is 12.8. The predicted octanol–water partition coefficient (Wildman–Crippen LogP) is 6.23. The number of hydrogen-bond acceptors (Lipinski definition) is 1. The van der Waals surface area contributed by atoms with Crippen LogP contribution in [0.25, 0.3) is 11.0 Å². The molecule has 0 aliphatic heterocycles. The third-order valence-corrected chi connectivity index (χ3v) is 5.06. The van der Waals surface area contributed by atoms with E-state index in [1.165, 1.54) is 0 Å². The average molecular weight is 376 g/mol. The summed E-state index contributed by atoms with van der Waals surface area (Å²) in [7, 11) is 0. The highest BCUT2D eigenvalue weighted by Gasteiger charge is 2.24. The van der Waals surface area contributed by atoms with Gasteiger partial charge in [-0.25, -0.2) is 9.37 Å². The maximum absolute atomic E-state index is 13.9. The van der Waals surface area contributed by atoms with E-state index < -0.39 is 0 Å². The van der Waals surface area contributed by atoms with Gasteiger partial charge in [-0.05, 0) is 41.8 Å². The lowest BCUT2D eigenvalue weighted by Gasteiger charge is -2.26. The van der Waals surface area contributed by atoms with E-state index in [1.807, 2.05) is 6.92 Å². The molecule has 2 rings (SSSR count). The molecule has 0 spiro atoms. The summed E-state index contributed by atoms with van der Waals surface area (Å²) in [5, 5.41) is -0.212. The Labute approximate surface area is 138 Å². The maximum atomic E-state index is 13.9. The van der Waals surface area contributed by atoms with Crippen molar-refractivity contribution in [2.45, 2.75) is 52.0 Å². The quantitative estimate of drug-likeness (QED) is 0.566. The lowest BCUT2D eigenvalue weighted by atomic mass is 9.95. The molecule has 116 valence electrons. The topological polar surface area (TPSA) is 17.8 Å². The van der Waals surface area contributed by atoms with Gasteiger partial charge in [-0.2, -0.15) is 0 Å². The van der Waals surface area contributed by atoms with E-state index in [4.69, 9.17) is 11.6 Å². The minimum atomic E-state index is -0.269. The van der Waals surface area contributed by atoms with Crippen LogP contribution >= 0.6 is 27.5 Å². The lowest BCUT2D eigenvalue weighted by molar-refractivity contribution is 0.332. The number of alkyl halides is 1. The molecule has 0 saturated carbocycles. The molecule has 5 heteroatoms. The summed E-state index contributed by atoms with van der Waals surface area (Å²) in [6.45, 7) is 8.45. The molecular formula is C16H21BrClFN2. The minimum absolute atomic E-state index is 0.212. The van der Waals surface area contributed by atoms with E-state index in [0.717, 1.165) is 29.7 Å². The molecule has 1 heterocycles. The second-order valence-electron chi connectivity index (χ2n) is 5.53. The van der Waals surface area contributed by atoms with Gasteiger partial charge in [0.05, 0.1) is 20.9 Å². The van der Waals surface area contributed by atoms with Crippen molar-refractivity contribution >= 4 is 38.6 Å². The number of rotatable bonds is 5. The second kappa shape index (κ2) is 6.66. The zero-order chi connectivity index (χ0) is 15.7. The van der Waals surface area contributed by atoms with Crippen molar-refractivity contribution < 1.29 is 4.39 Å². The number of nitrogens with zero attached hydrogens (tertiary/aromatic N) is 2. The molecule has 0 fully saturated rings. The predicted molar refractivity (Wildman–Crippen MR) is 90.4 cm³/mol. The number of hydrogen-bond donors (Lipinski definition) is 0. The van der Waals surface area contributed by atoms with E-state index in [0.29, 0.717) is 10.4 Å². The Morgan fingerprint density at radius 2 is 1.90 bits per heavy atom. The van der Waals surface area contributed by atoms with Crippen molar-refractivity contribution in [2.75, 3.05) is 0 Å². The fourth-order valence-corrected chi connectivity index (χ4v) is 3.48. The van der Waals surface area contributed by atoms with Gasteiger partial charge >= 0.3 is 0 Å². The van der Waals surface area contributed by atoms with Crippen LogP contribution in [0.2, 0.25) is 0 Å². The Morgan fingerprint density at radius 3 is 2.43 bits per heavy atom. The molecular weight excluding hydrogens is 355 g/mol. The van der Waals surface area contributed by atoms with Crippen molar-refractivity contribution in [2.24, 2.45) is 5.92 Å². The maximum Gasteiger partial charge on any atom is 0.139 e. The molecule has 0 N–H and O–H groups in total. The summed E-state index contributed by atoms with van der Waals surface area (Å²) < 4.78 is 16.5. The molecule has 2 aromatic rings. The number of benzene rings is 1. The SMILES string of the molecule is CCC(CC)C(C)n1c(C(C)Cl)nc2cc(Br)c(F)cc21. The Morgan fingerprint density at radius 1 is 1.29 bits per heavy atom. The molecule has 0 bridgehead atoms. The van der Waals surface area contributed by atoms with E-state index >= 15 is 0 Å². The molecule has 1 aromatic heterocycles. The summed E-state index contributed by atoms with van der Waals surface area (Å²) in [4.78, 5) is 4.62. The Balaban J connectivity index is 2.68. The van der Waals surface area contributed by atoms with Gasteiger partial charge in [-0.1, -0.05) is 26.7 Å². The number of aromatic nitrogens is 2. The van der Waals surface area contributed by atoms with Gasteiger partial charge in [0.15, 0.2) is 0 Å². The van der Waals surface area contributed by atoms with Crippen molar-refractivity contribution in [3.63, 3.8) is 0 Å². The van der Waals surface area contributed by atoms with Gasteiger partial charge < -0.3 is 4.57 Å². The normalized spacial score (nSPS) is 14.9. The first-order valence-corrected chi connectivity index (χ1v) is 8.64. The van der Waals surface area contributed by atoms with E-state index in [9.17, 15) is 4.39 Å². The Hall–Kier alpha value is -0.610. The smallest absolute Gasteiger partial charge is 0.139 e. The van der Waals surface area contributed by atoms with Crippen molar-refractivity contribution in [3.8, 4) is 0 Å². The number of imidazole rings is 1. The van der Waals surface area contributed by atoms with Crippen LogP contribution < -0.4 is 0 Å². The number of fused-ring (bicyclic) bond motifs is 1. The summed E-state index contributed by atoms with van der Waals surface area (Å²) in [5.41, 5.74) is 1.60. The Bertz CT molecular complexity index is 635. The molecule has 1 aromatic carbocycles. The average Bonchev–Trinajstić information content (AvgIpc) is 2.79. The van der Waals surface area contributed by atoms with Crippen LogP contribution in [0.3, 0.4) is 0 Å². The third kappa shape index (κ3) is 3.11. The van der Waals surface area contributed by atoms with Gasteiger partial charge in [-0.15, -0.1) is 11.6 Å². The van der Waals surface area contributed by atoms with Gasteiger partial charge in [0, 0.05) is 12.1 Å². The minimum Gasteiger partial charge on any atom is -0.324 e. The summed E-state index contributed by atoms with van der Waals surface area (Å²) in [5.74, 6) is 1.06. The molecule has 0 aliphatic rings. The summed E-state index contributed by atoms with van der Waals surface area (Å²) >= 11 is 9.53. The molecule has 2 nitrogen and oxygen atoms in total. The molecule has 0 saturated heterocycles. The van der Waals surface area contributed by atoms with Crippen LogP contribution in [0.4, 0.5) is 4.39 Å². The van der Waals surface area contributed by atoms with Crippen molar-refractivity contribution in [1.82, 2.24) is 9.55 Å². The fourth-order valence-electron chi connectivity index (χ4n) is 3.00. The summed E-state index contributed by atoms with van der Waals surface area (Å²) in [6, 6.07) is 3.51. The number of halogens is 3. The fraction of sp³-hybridized carbons (Fsp3) is 0.562. The molecule has 0 aliphatic carbocycles. The summed E-state index contributed by atoms with van der Waals surface area (Å²) in [6.07, 6.45) is 2.15. The van der Waals surface area contributed by atoms with Gasteiger partial charge in [0.25, 0.3) is 0 Å². The lowest BCUT2D eigenvalue weighted by Crippen LogP contribution is -2.18. The standard InChI is InChI=1S/C16H21BrClFN2/c1-5-11(6-2)10(4)21-15-8-13(19)12(17)7-14(15)20-16(21)9(3)18/h7-11H,5-6H2,1-4H3. The highest BCUT2D eigenvalue weighted by Crippen LogP contribution is 2.34. The van der Waals surface area contributed by atoms with Crippen LogP contribution in [-0.4, -0.2) is 9.55 Å². The first-order chi connectivity index (χ1) is 9.90. The zero-order valence-corrected chi connectivity index (χ0v) is 15.2. The second-order valence-corrected chi connectivity index (χ2v) is 7.04. The highest BCUT2D eigenvalue weighted by molar-refractivity contribution is 9.10. The van der Waals surface area contributed by atoms with Crippen LogP contribution in [0.15, 0.2) is 16.6 Å². The molecule has 0 radical (unpaired) electrons. The van der Waals surface area contributed by atoms with Crippen molar-refractivity contribution in [1.29, 1.82) is 0 Å². The third-order valence-electron chi connectivity index (χ3n) is 4.25. The van der Waals surface area contributed by atoms with Crippen LogP contribution in [-0.2, 0) is 0 Å². The highest BCUT2D eigenvalue weighted by atomic mass is 79.9. The van der Waals surface area contributed by atoms with Crippen molar-refractivity contribution in [3.05, 3.63) is 28.2 Å². The van der Waals surface area contributed by atoms with Gasteiger partial charge in [-0.3, -0.25) is 0 Å². The molecule has 0 amide bonds. The first-order valence-electron chi connectivity index (χ1n) is 7.41. The van der Waals surface area contributed by atoms with Crippen LogP contribution in [0, 0.1) is 11.7 Å². The van der Waals surface area contributed by atoms with E-state index in [-0.39, 0.29) is 17.2 Å². The van der Waals surface area contributed by atoms with Gasteiger partial charge in [0.1, 0.15) is 11.6 Å². The van der Waals surface area contributed by atoms with E-state index in [2.05, 4.69) is 46.3 Å². The monoisotopic (exact) mass is 374 g/mol.